The van der Waals surface area contributed by atoms with E-state index in [4.69, 9.17) is 9.47 Å². The van der Waals surface area contributed by atoms with E-state index in [0.29, 0.717) is 31.9 Å². The van der Waals surface area contributed by atoms with Gasteiger partial charge in [0, 0.05) is 31.7 Å². The highest BCUT2D eigenvalue weighted by Gasteiger charge is 2.47. The van der Waals surface area contributed by atoms with Crippen molar-refractivity contribution in [2.75, 3.05) is 33.0 Å². The van der Waals surface area contributed by atoms with Gasteiger partial charge in [0.15, 0.2) is 11.5 Å². The molecule has 20 heavy (non-hydrogen) atoms. The SMILES string of the molecule is FC(F)(F)[C@@H](c1cccc2c1OCO2)N1CCNCC1. The van der Waals surface area contributed by atoms with Crippen molar-refractivity contribution >= 4 is 0 Å². The molecule has 1 aromatic rings. The molecule has 0 unspecified atom stereocenters. The fourth-order valence-electron chi connectivity index (χ4n) is 2.69. The molecule has 1 fully saturated rings. The summed E-state index contributed by atoms with van der Waals surface area (Å²) in [6.07, 6.45) is -4.35. The minimum absolute atomic E-state index is 0.0293. The summed E-state index contributed by atoms with van der Waals surface area (Å²) in [5, 5.41) is 3.06. The van der Waals surface area contributed by atoms with E-state index < -0.39 is 12.2 Å². The third-order valence-corrected chi connectivity index (χ3v) is 3.55. The Balaban J connectivity index is 1.99. The molecule has 0 bridgehead atoms. The number of piperazine rings is 1. The molecule has 110 valence electrons. The predicted octanol–water partition coefficient (Wildman–Crippen LogP) is 1.92. The molecule has 2 heterocycles. The Hall–Kier alpha value is -1.47. The molecular weight excluding hydrogens is 273 g/mol. The normalized spacial score (nSPS) is 20.9. The van der Waals surface area contributed by atoms with Crippen molar-refractivity contribution < 1.29 is 22.6 Å². The number of hydrogen-bond donors (Lipinski definition) is 1. The Bertz CT molecular complexity index is 487. The highest BCUT2D eigenvalue weighted by atomic mass is 19.4. The van der Waals surface area contributed by atoms with Crippen molar-refractivity contribution in [1.82, 2.24) is 10.2 Å². The second-order valence-corrected chi connectivity index (χ2v) is 4.81. The fourth-order valence-corrected chi connectivity index (χ4v) is 2.69. The number of halogens is 3. The van der Waals surface area contributed by atoms with Gasteiger partial charge in [0.2, 0.25) is 6.79 Å². The standard InChI is InChI=1S/C13H15F3N2O2/c14-13(15,16)12(18-6-4-17-5-7-18)9-2-1-3-10-11(9)20-8-19-10/h1-3,12,17H,4-8H2/t12-/m1/s1. The molecule has 0 aromatic heterocycles. The maximum Gasteiger partial charge on any atom is 0.408 e. The Kier molecular flexibility index (Phi) is 3.47. The third kappa shape index (κ3) is 2.43. The van der Waals surface area contributed by atoms with E-state index in [1.165, 1.54) is 11.0 Å². The highest BCUT2D eigenvalue weighted by Crippen LogP contribution is 2.46. The Morgan fingerprint density at radius 3 is 2.60 bits per heavy atom. The zero-order valence-corrected chi connectivity index (χ0v) is 10.7. The first-order valence-electron chi connectivity index (χ1n) is 6.47. The van der Waals surface area contributed by atoms with Crippen molar-refractivity contribution in [3.05, 3.63) is 23.8 Å². The number of nitrogens with one attached hydrogen (secondary N) is 1. The maximum absolute atomic E-state index is 13.5. The monoisotopic (exact) mass is 288 g/mol. The average molecular weight is 288 g/mol. The van der Waals surface area contributed by atoms with Gasteiger partial charge < -0.3 is 14.8 Å². The molecule has 1 saturated heterocycles. The van der Waals surface area contributed by atoms with Crippen molar-refractivity contribution in [1.29, 1.82) is 0 Å². The van der Waals surface area contributed by atoms with Crippen LogP contribution in [0.25, 0.3) is 0 Å². The van der Waals surface area contributed by atoms with Gasteiger partial charge in [-0.2, -0.15) is 13.2 Å². The minimum atomic E-state index is -4.35. The quantitative estimate of drug-likeness (QED) is 0.901. The van der Waals surface area contributed by atoms with Gasteiger partial charge in [-0.3, -0.25) is 4.90 Å². The molecule has 0 radical (unpaired) electrons. The van der Waals surface area contributed by atoms with Gasteiger partial charge >= 0.3 is 6.18 Å². The first-order valence-corrected chi connectivity index (χ1v) is 6.47. The molecule has 0 saturated carbocycles. The minimum Gasteiger partial charge on any atom is -0.454 e. The van der Waals surface area contributed by atoms with Gasteiger partial charge in [-0.25, -0.2) is 0 Å². The van der Waals surface area contributed by atoms with E-state index in [1.54, 1.807) is 12.1 Å². The smallest absolute Gasteiger partial charge is 0.408 e. The van der Waals surface area contributed by atoms with Gasteiger partial charge in [-0.1, -0.05) is 12.1 Å². The summed E-state index contributed by atoms with van der Waals surface area (Å²) in [6, 6.07) is 3.01. The lowest BCUT2D eigenvalue weighted by atomic mass is 10.0. The second kappa shape index (κ2) is 5.14. The molecule has 0 amide bonds. The largest absolute Gasteiger partial charge is 0.454 e. The molecular formula is C13H15F3N2O2. The first-order chi connectivity index (χ1) is 9.57. The zero-order chi connectivity index (χ0) is 14.2. The number of alkyl halides is 3. The molecule has 0 spiro atoms. The second-order valence-electron chi connectivity index (χ2n) is 4.81. The van der Waals surface area contributed by atoms with E-state index in [2.05, 4.69) is 5.32 Å². The number of benzene rings is 1. The lowest BCUT2D eigenvalue weighted by molar-refractivity contribution is -0.188. The van der Waals surface area contributed by atoms with Crippen molar-refractivity contribution in [3.8, 4) is 11.5 Å². The van der Waals surface area contributed by atoms with E-state index in [-0.39, 0.29) is 18.1 Å². The van der Waals surface area contributed by atoms with Crippen molar-refractivity contribution in [3.63, 3.8) is 0 Å². The number of rotatable bonds is 2. The van der Waals surface area contributed by atoms with Gasteiger partial charge in [-0.15, -0.1) is 0 Å². The topological polar surface area (TPSA) is 33.7 Å². The van der Waals surface area contributed by atoms with Crippen LogP contribution in [-0.4, -0.2) is 44.0 Å². The summed E-state index contributed by atoms with van der Waals surface area (Å²) in [6.45, 7) is 1.79. The number of para-hydroxylation sites is 1. The van der Waals surface area contributed by atoms with E-state index >= 15 is 0 Å². The highest BCUT2D eigenvalue weighted by molar-refractivity contribution is 5.50. The van der Waals surface area contributed by atoms with Crippen molar-refractivity contribution in [2.24, 2.45) is 0 Å². The van der Waals surface area contributed by atoms with Crippen LogP contribution in [0.3, 0.4) is 0 Å². The first kappa shape index (κ1) is 13.5. The number of ether oxygens (including phenoxy) is 2. The van der Waals surface area contributed by atoms with Crippen LogP contribution < -0.4 is 14.8 Å². The summed E-state index contributed by atoms with van der Waals surface area (Å²) in [5.74, 6) is 0.597. The number of nitrogens with zero attached hydrogens (tertiary/aromatic N) is 1. The number of hydrogen-bond acceptors (Lipinski definition) is 4. The third-order valence-electron chi connectivity index (χ3n) is 3.55. The summed E-state index contributed by atoms with van der Waals surface area (Å²) in [5.41, 5.74) is 0.134. The Labute approximate surface area is 114 Å². The molecule has 1 N–H and O–H groups in total. The molecule has 2 aliphatic heterocycles. The lowest BCUT2D eigenvalue weighted by Crippen LogP contribution is -2.49. The summed E-state index contributed by atoms with van der Waals surface area (Å²) >= 11 is 0. The lowest BCUT2D eigenvalue weighted by Gasteiger charge is -2.36. The van der Waals surface area contributed by atoms with Crippen LogP contribution in [0, 0.1) is 0 Å². The Morgan fingerprint density at radius 2 is 1.90 bits per heavy atom. The maximum atomic E-state index is 13.5. The molecule has 4 nitrogen and oxygen atoms in total. The van der Waals surface area contributed by atoms with Crippen LogP contribution in [-0.2, 0) is 0 Å². The summed E-state index contributed by atoms with van der Waals surface area (Å²) in [7, 11) is 0. The summed E-state index contributed by atoms with van der Waals surface area (Å²) < 4.78 is 50.9. The van der Waals surface area contributed by atoms with E-state index in [9.17, 15) is 13.2 Å². The molecule has 7 heteroatoms. The van der Waals surface area contributed by atoms with E-state index in [0.717, 1.165) is 0 Å². The predicted molar refractivity (Wildman–Crippen MR) is 65.8 cm³/mol. The molecule has 3 rings (SSSR count). The van der Waals surface area contributed by atoms with Gasteiger partial charge in [0.25, 0.3) is 0 Å². The zero-order valence-electron chi connectivity index (χ0n) is 10.7. The van der Waals surface area contributed by atoms with Gasteiger partial charge in [0.1, 0.15) is 6.04 Å². The van der Waals surface area contributed by atoms with Crippen LogP contribution in [0.1, 0.15) is 11.6 Å². The van der Waals surface area contributed by atoms with Gasteiger partial charge in [0.05, 0.1) is 0 Å². The van der Waals surface area contributed by atoms with Gasteiger partial charge in [-0.05, 0) is 6.07 Å². The Morgan fingerprint density at radius 1 is 1.15 bits per heavy atom. The van der Waals surface area contributed by atoms with Crippen LogP contribution in [0.2, 0.25) is 0 Å². The molecule has 1 aromatic carbocycles. The van der Waals surface area contributed by atoms with Crippen LogP contribution >= 0.6 is 0 Å². The molecule has 0 aliphatic carbocycles. The number of fused-ring (bicyclic) bond motifs is 1. The van der Waals surface area contributed by atoms with Crippen LogP contribution in [0.5, 0.6) is 11.5 Å². The van der Waals surface area contributed by atoms with Crippen LogP contribution in [0.4, 0.5) is 13.2 Å². The van der Waals surface area contributed by atoms with E-state index in [1.807, 2.05) is 0 Å². The van der Waals surface area contributed by atoms with Crippen LogP contribution in [0.15, 0.2) is 18.2 Å². The molecule has 1 atom stereocenters. The fraction of sp³-hybridized carbons (Fsp3) is 0.538. The van der Waals surface area contributed by atoms with Crippen molar-refractivity contribution in [2.45, 2.75) is 12.2 Å². The molecule has 2 aliphatic rings. The summed E-state index contributed by atoms with van der Waals surface area (Å²) in [4.78, 5) is 1.44. The average Bonchev–Trinajstić information content (AvgIpc) is 2.88.